The minimum Gasteiger partial charge on any atom is -0.481 e. The molecular weight excluding hydrogens is 250 g/mol. The number of carbonyl (C=O) groups is 1. The molecule has 2 rings (SSSR count). The quantitative estimate of drug-likeness (QED) is 0.874. The first-order valence-electron chi connectivity index (χ1n) is 3.88. The summed E-state index contributed by atoms with van der Waals surface area (Å²) in [6.45, 7) is 0. The van der Waals surface area contributed by atoms with Gasteiger partial charge in [-0.3, -0.25) is 4.79 Å². The van der Waals surface area contributed by atoms with E-state index in [2.05, 4.69) is 26.0 Å². The Morgan fingerprint density at radius 2 is 2.36 bits per heavy atom. The van der Waals surface area contributed by atoms with Gasteiger partial charge in [0.05, 0.1) is 6.42 Å². The number of pyridine rings is 1. The maximum atomic E-state index is 10.5. The molecule has 0 spiro atoms. The third-order valence-electron chi connectivity index (χ3n) is 1.72. The molecule has 5 nitrogen and oxygen atoms in total. The highest BCUT2D eigenvalue weighted by Crippen LogP contribution is 2.08. The molecule has 72 valence electrons. The number of aromatic nitrogens is 3. The van der Waals surface area contributed by atoms with Crippen LogP contribution in [0.3, 0.4) is 0 Å². The lowest BCUT2D eigenvalue weighted by molar-refractivity contribution is -0.136. The molecule has 2 aromatic rings. The van der Waals surface area contributed by atoms with Crippen molar-refractivity contribution in [3.63, 3.8) is 0 Å². The normalized spacial score (nSPS) is 10.6. The monoisotopic (exact) mass is 255 g/mol. The van der Waals surface area contributed by atoms with Crippen LogP contribution in [0.1, 0.15) is 5.56 Å². The van der Waals surface area contributed by atoms with Crippen molar-refractivity contribution in [2.75, 3.05) is 0 Å². The Labute approximate surface area is 87.5 Å². The number of carboxylic acids is 1. The molecule has 2 aromatic heterocycles. The van der Waals surface area contributed by atoms with E-state index in [1.54, 1.807) is 22.8 Å². The van der Waals surface area contributed by atoms with Crippen LogP contribution in [0, 0.1) is 0 Å². The van der Waals surface area contributed by atoms with Gasteiger partial charge in [0.1, 0.15) is 0 Å². The highest BCUT2D eigenvalue weighted by Gasteiger charge is 2.04. The molecule has 2 heterocycles. The molecule has 0 aliphatic heterocycles. The third kappa shape index (κ3) is 1.74. The van der Waals surface area contributed by atoms with Crippen molar-refractivity contribution in [3.8, 4) is 0 Å². The number of halogens is 1. The van der Waals surface area contributed by atoms with Crippen LogP contribution < -0.4 is 0 Å². The molecule has 0 aliphatic carbocycles. The van der Waals surface area contributed by atoms with Crippen LogP contribution in [0.25, 0.3) is 5.65 Å². The highest BCUT2D eigenvalue weighted by atomic mass is 79.9. The summed E-state index contributed by atoms with van der Waals surface area (Å²) in [6, 6.07) is 3.46. The largest absolute Gasteiger partial charge is 0.481 e. The number of aliphatic carboxylic acids is 1. The summed E-state index contributed by atoms with van der Waals surface area (Å²) in [5.41, 5.74) is 1.38. The van der Waals surface area contributed by atoms with E-state index in [1.165, 1.54) is 0 Å². The van der Waals surface area contributed by atoms with Gasteiger partial charge in [0.25, 0.3) is 0 Å². The van der Waals surface area contributed by atoms with Crippen molar-refractivity contribution in [2.24, 2.45) is 0 Å². The predicted molar refractivity (Wildman–Crippen MR) is 52.0 cm³/mol. The molecule has 0 amide bonds. The zero-order chi connectivity index (χ0) is 10.1. The van der Waals surface area contributed by atoms with Crippen LogP contribution in [-0.2, 0) is 11.2 Å². The average Bonchev–Trinajstić information content (AvgIpc) is 2.42. The van der Waals surface area contributed by atoms with Crippen LogP contribution in [0.5, 0.6) is 0 Å². The topological polar surface area (TPSA) is 67.5 Å². The van der Waals surface area contributed by atoms with Crippen molar-refractivity contribution in [3.05, 3.63) is 28.6 Å². The number of hydrogen-bond donors (Lipinski definition) is 1. The molecule has 1 N–H and O–H groups in total. The molecule has 0 atom stereocenters. The first-order chi connectivity index (χ1) is 6.65. The average molecular weight is 256 g/mol. The zero-order valence-corrected chi connectivity index (χ0v) is 8.60. The van der Waals surface area contributed by atoms with Gasteiger partial charge >= 0.3 is 5.97 Å². The van der Waals surface area contributed by atoms with E-state index in [1.807, 2.05) is 0 Å². The minimum atomic E-state index is -0.858. The summed E-state index contributed by atoms with van der Waals surface area (Å²) in [7, 11) is 0. The summed E-state index contributed by atoms with van der Waals surface area (Å²) < 4.78 is 2.03. The Kier molecular flexibility index (Phi) is 2.20. The maximum absolute atomic E-state index is 10.5. The van der Waals surface area contributed by atoms with Crippen molar-refractivity contribution < 1.29 is 9.90 Å². The number of fused-ring (bicyclic) bond motifs is 1. The van der Waals surface area contributed by atoms with Gasteiger partial charge in [0, 0.05) is 6.20 Å². The fourth-order valence-electron chi connectivity index (χ4n) is 1.18. The van der Waals surface area contributed by atoms with Crippen molar-refractivity contribution in [2.45, 2.75) is 6.42 Å². The SMILES string of the molecule is O=C(O)Cc1ccc2nc(Br)nn2c1. The van der Waals surface area contributed by atoms with Crippen LogP contribution in [0.4, 0.5) is 0 Å². The van der Waals surface area contributed by atoms with Gasteiger partial charge in [-0.1, -0.05) is 6.07 Å². The Morgan fingerprint density at radius 1 is 1.57 bits per heavy atom. The molecule has 0 bridgehead atoms. The van der Waals surface area contributed by atoms with Gasteiger partial charge in [-0.25, -0.2) is 9.50 Å². The fraction of sp³-hybridized carbons (Fsp3) is 0.125. The van der Waals surface area contributed by atoms with E-state index >= 15 is 0 Å². The first-order valence-corrected chi connectivity index (χ1v) is 4.67. The summed E-state index contributed by atoms with van der Waals surface area (Å²) in [5, 5.41) is 12.6. The van der Waals surface area contributed by atoms with Crippen molar-refractivity contribution >= 4 is 27.5 Å². The van der Waals surface area contributed by atoms with Crippen molar-refractivity contribution in [1.82, 2.24) is 14.6 Å². The standard InChI is InChI=1S/C8H6BrN3O2/c9-8-10-6-2-1-5(3-7(13)14)4-12(6)11-8/h1-2,4H,3H2,(H,13,14). The number of carboxylic acid groups (broad SMARTS) is 1. The molecular formula is C8H6BrN3O2. The second-order valence-electron chi connectivity index (χ2n) is 2.79. The molecule has 0 radical (unpaired) electrons. The minimum absolute atomic E-state index is 0.00653. The van der Waals surface area contributed by atoms with Gasteiger partial charge in [-0.15, -0.1) is 5.10 Å². The molecule has 0 aromatic carbocycles. The van der Waals surface area contributed by atoms with Crippen LogP contribution >= 0.6 is 15.9 Å². The maximum Gasteiger partial charge on any atom is 0.307 e. The zero-order valence-electron chi connectivity index (χ0n) is 7.01. The molecule has 0 aliphatic rings. The lowest BCUT2D eigenvalue weighted by atomic mass is 10.2. The number of hydrogen-bond acceptors (Lipinski definition) is 3. The molecule has 0 fully saturated rings. The van der Waals surface area contributed by atoms with E-state index in [0.717, 1.165) is 0 Å². The third-order valence-corrected chi connectivity index (χ3v) is 2.06. The molecule has 6 heteroatoms. The molecule has 0 saturated heterocycles. The summed E-state index contributed by atoms with van der Waals surface area (Å²) >= 11 is 3.14. The van der Waals surface area contributed by atoms with Gasteiger partial charge in [-0.2, -0.15) is 0 Å². The smallest absolute Gasteiger partial charge is 0.307 e. The highest BCUT2D eigenvalue weighted by molar-refractivity contribution is 9.10. The Morgan fingerprint density at radius 3 is 3.07 bits per heavy atom. The summed E-state index contributed by atoms with van der Waals surface area (Å²) in [6.07, 6.45) is 1.65. The second kappa shape index (κ2) is 3.38. The van der Waals surface area contributed by atoms with Gasteiger partial charge in [0.2, 0.25) is 4.73 Å². The predicted octanol–water partition coefficient (Wildman–Crippen LogP) is 1.12. The second-order valence-corrected chi connectivity index (χ2v) is 3.50. The van der Waals surface area contributed by atoms with E-state index in [0.29, 0.717) is 15.9 Å². The molecule has 0 saturated carbocycles. The van der Waals surface area contributed by atoms with Crippen LogP contribution in [0.15, 0.2) is 23.1 Å². The lowest BCUT2D eigenvalue weighted by Crippen LogP contribution is -2.01. The summed E-state index contributed by atoms with van der Waals surface area (Å²) in [5.74, 6) is -0.858. The van der Waals surface area contributed by atoms with E-state index < -0.39 is 5.97 Å². The molecule has 14 heavy (non-hydrogen) atoms. The number of nitrogens with zero attached hydrogens (tertiary/aromatic N) is 3. The van der Waals surface area contributed by atoms with Gasteiger partial charge in [0.15, 0.2) is 5.65 Å². The summed E-state index contributed by atoms with van der Waals surface area (Å²) in [4.78, 5) is 14.5. The van der Waals surface area contributed by atoms with Crippen LogP contribution in [-0.4, -0.2) is 25.7 Å². The van der Waals surface area contributed by atoms with Gasteiger partial charge in [-0.05, 0) is 27.6 Å². The van der Waals surface area contributed by atoms with Crippen LogP contribution in [0.2, 0.25) is 0 Å². The fourth-order valence-corrected chi connectivity index (χ4v) is 1.53. The molecule has 0 unspecified atom stereocenters. The Bertz CT molecular complexity index is 494. The Balaban J connectivity index is 2.45. The lowest BCUT2D eigenvalue weighted by Gasteiger charge is -1.96. The Hall–Kier alpha value is -1.43. The van der Waals surface area contributed by atoms with Crippen molar-refractivity contribution in [1.29, 1.82) is 0 Å². The first kappa shape index (κ1) is 9.14. The van der Waals surface area contributed by atoms with E-state index in [4.69, 9.17) is 5.11 Å². The van der Waals surface area contributed by atoms with E-state index in [9.17, 15) is 4.79 Å². The number of rotatable bonds is 2. The van der Waals surface area contributed by atoms with E-state index in [-0.39, 0.29) is 6.42 Å². The van der Waals surface area contributed by atoms with Gasteiger partial charge < -0.3 is 5.11 Å².